The van der Waals surface area contributed by atoms with E-state index in [1.807, 2.05) is 7.05 Å². The lowest BCUT2D eigenvalue weighted by molar-refractivity contribution is 0.705. The lowest BCUT2D eigenvalue weighted by Gasteiger charge is -2.02. The Labute approximate surface area is 98.9 Å². The highest BCUT2D eigenvalue weighted by Gasteiger charge is 2.08. The first-order valence-corrected chi connectivity index (χ1v) is 5.89. The minimum absolute atomic E-state index is 0.808. The standard InChI is InChI=1S/C10H17BrN4/c1-4-12-7-5-6-8(2)9-10(11)13-14-15(9)3/h6,12H,4-5,7H2,1-3H3/b8-6-. The first-order valence-electron chi connectivity index (χ1n) is 5.09. The molecule has 1 heterocycles. The van der Waals surface area contributed by atoms with Crippen molar-refractivity contribution in [2.24, 2.45) is 7.05 Å². The zero-order valence-electron chi connectivity index (χ0n) is 9.42. The van der Waals surface area contributed by atoms with Crippen molar-refractivity contribution < 1.29 is 0 Å². The molecular weight excluding hydrogens is 256 g/mol. The van der Waals surface area contributed by atoms with E-state index < -0.39 is 0 Å². The molecular formula is C10H17BrN4. The Bertz CT molecular complexity index is 324. The van der Waals surface area contributed by atoms with Crippen LogP contribution in [0.4, 0.5) is 0 Å². The molecule has 5 heteroatoms. The van der Waals surface area contributed by atoms with Crippen molar-refractivity contribution in [1.29, 1.82) is 0 Å². The van der Waals surface area contributed by atoms with Crippen LogP contribution in [0.15, 0.2) is 10.7 Å². The molecule has 1 N–H and O–H groups in total. The van der Waals surface area contributed by atoms with E-state index in [2.05, 4.69) is 51.5 Å². The van der Waals surface area contributed by atoms with Crippen LogP contribution < -0.4 is 5.32 Å². The molecule has 0 bridgehead atoms. The van der Waals surface area contributed by atoms with Gasteiger partial charge < -0.3 is 5.32 Å². The molecule has 1 aromatic rings. The summed E-state index contributed by atoms with van der Waals surface area (Å²) < 4.78 is 2.59. The van der Waals surface area contributed by atoms with E-state index in [0.29, 0.717) is 0 Å². The number of allylic oxidation sites excluding steroid dienone is 1. The number of nitrogens with zero attached hydrogens (tertiary/aromatic N) is 3. The second-order valence-electron chi connectivity index (χ2n) is 3.38. The van der Waals surface area contributed by atoms with E-state index in [-0.39, 0.29) is 0 Å². The van der Waals surface area contributed by atoms with Crippen molar-refractivity contribution in [1.82, 2.24) is 20.3 Å². The highest BCUT2D eigenvalue weighted by atomic mass is 79.9. The normalized spacial score (nSPS) is 12.1. The zero-order chi connectivity index (χ0) is 11.3. The van der Waals surface area contributed by atoms with Gasteiger partial charge in [0, 0.05) is 7.05 Å². The monoisotopic (exact) mass is 272 g/mol. The largest absolute Gasteiger partial charge is 0.317 e. The number of nitrogens with one attached hydrogen (secondary N) is 1. The molecule has 0 aliphatic carbocycles. The molecule has 1 aromatic heterocycles. The van der Waals surface area contributed by atoms with Gasteiger partial charge in [0.15, 0.2) is 4.60 Å². The topological polar surface area (TPSA) is 42.7 Å². The van der Waals surface area contributed by atoms with Crippen LogP contribution >= 0.6 is 15.9 Å². The third kappa shape index (κ3) is 3.43. The van der Waals surface area contributed by atoms with E-state index in [4.69, 9.17) is 0 Å². The third-order valence-electron chi connectivity index (χ3n) is 2.18. The number of aryl methyl sites for hydroxylation is 1. The number of hydrogen-bond acceptors (Lipinski definition) is 3. The summed E-state index contributed by atoms with van der Waals surface area (Å²) in [6, 6.07) is 0. The molecule has 0 spiro atoms. The Hall–Kier alpha value is -0.680. The van der Waals surface area contributed by atoms with Gasteiger partial charge in [-0.2, -0.15) is 0 Å². The Morgan fingerprint density at radius 2 is 2.33 bits per heavy atom. The number of aromatic nitrogens is 3. The van der Waals surface area contributed by atoms with Gasteiger partial charge in [0.1, 0.15) is 0 Å². The number of halogens is 1. The van der Waals surface area contributed by atoms with E-state index in [1.54, 1.807) is 4.68 Å². The van der Waals surface area contributed by atoms with Crippen molar-refractivity contribution in [3.63, 3.8) is 0 Å². The van der Waals surface area contributed by atoms with E-state index in [0.717, 1.165) is 29.8 Å². The SMILES string of the molecule is CCNCC/C=C(/C)c1c(Br)nnn1C. The van der Waals surface area contributed by atoms with Crippen LogP contribution in [0.3, 0.4) is 0 Å². The second kappa shape index (κ2) is 6.02. The predicted molar refractivity (Wildman–Crippen MR) is 65.5 cm³/mol. The minimum atomic E-state index is 0.808. The molecule has 84 valence electrons. The molecule has 0 unspecified atom stereocenters. The molecule has 0 saturated heterocycles. The summed E-state index contributed by atoms with van der Waals surface area (Å²) in [5, 5.41) is 11.2. The fraction of sp³-hybridized carbons (Fsp3) is 0.600. The van der Waals surface area contributed by atoms with Crippen LogP contribution in [-0.2, 0) is 7.05 Å². The molecule has 0 fully saturated rings. The number of rotatable bonds is 5. The summed E-state index contributed by atoms with van der Waals surface area (Å²) in [5.41, 5.74) is 2.25. The first kappa shape index (κ1) is 12.4. The Morgan fingerprint density at radius 3 is 2.87 bits per heavy atom. The summed E-state index contributed by atoms with van der Waals surface area (Å²) >= 11 is 3.39. The van der Waals surface area contributed by atoms with Crippen LogP contribution in [0.1, 0.15) is 26.0 Å². The van der Waals surface area contributed by atoms with Crippen molar-refractivity contribution in [2.75, 3.05) is 13.1 Å². The van der Waals surface area contributed by atoms with Gasteiger partial charge >= 0.3 is 0 Å². The Balaban J connectivity index is 2.63. The molecule has 0 atom stereocenters. The quantitative estimate of drug-likeness (QED) is 0.834. The molecule has 0 saturated carbocycles. The first-order chi connectivity index (χ1) is 7.16. The highest BCUT2D eigenvalue weighted by Crippen LogP contribution is 2.20. The van der Waals surface area contributed by atoms with Gasteiger partial charge in [-0.05, 0) is 47.9 Å². The van der Waals surface area contributed by atoms with Crippen LogP contribution in [0, 0.1) is 0 Å². The maximum absolute atomic E-state index is 3.95. The lowest BCUT2D eigenvalue weighted by Crippen LogP contribution is -2.13. The van der Waals surface area contributed by atoms with E-state index in [9.17, 15) is 0 Å². The molecule has 4 nitrogen and oxygen atoms in total. The van der Waals surface area contributed by atoms with Gasteiger partial charge in [-0.3, -0.25) is 0 Å². The molecule has 0 radical (unpaired) electrons. The van der Waals surface area contributed by atoms with Crippen molar-refractivity contribution >= 4 is 21.5 Å². The predicted octanol–water partition coefficient (Wildman–Crippen LogP) is 1.98. The maximum Gasteiger partial charge on any atom is 0.155 e. The maximum atomic E-state index is 3.95. The van der Waals surface area contributed by atoms with Crippen LogP contribution in [0.25, 0.3) is 5.57 Å². The molecule has 0 aliphatic heterocycles. The van der Waals surface area contributed by atoms with Gasteiger partial charge in [0.2, 0.25) is 0 Å². The van der Waals surface area contributed by atoms with Gasteiger partial charge in [-0.15, -0.1) is 5.10 Å². The van der Waals surface area contributed by atoms with Crippen LogP contribution in [0.2, 0.25) is 0 Å². The molecule has 15 heavy (non-hydrogen) atoms. The van der Waals surface area contributed by atoms with Crippen LogP contribution in [0.5, 0.6) is 0 Å². The molecule has 0 amide bonds. The summed E-state index contributed by atoms with van der Waals surface area (Å²) in [6.45, 7) is 6.22. The lowest BCUT2D eigenvalue weighted by atomic mass is 10.2. The van der Waals surface area contributed by atoms with Crippen molar-refractivity contribution in [3.8, 4) is 0 Å². The summed E-state index contributed by atoms with van der Waals surface area (Å²) in [7, 11) is 1.90. The molecule has 1 rings (SSSR count). The van der Waals surface area contributed by atoms with Crippen molar-refractivity contribution in [2.45, 2.75) is 20.3 Å². The van der Waals surface area contributed by atoms with Gasteiger partial charge in [0.05, 0.1) is 5.69 Å². The third-order valence-corrected chi connectivity index (χ3v) is 2.72. The summed E-state index contributed by atoms with van der Waals surface area (Å²) in [4.78, 5) is 0. The molecule has 0 aliphatic rings. The minimum Gasteiger partial charge on any atom is -0.317 e. The Kier molecular flexibility index (Phi) is 4.98. The Morgan fingerprint density at radius 1 is 1.60 bits per heavy atom. The smallest absolute Gasteiger partial charge is 0.155 e. The summed E-state index contributed by atoms with van der Waals surface area (Å²) in [6.07, 6.45) is 3.23. The van der Waals surface area contributed by atoms with E-state index in [1.165, 1.54) is 5.57 Å². The fourth-order valence-corrected chi connectivity index (χ4v) is 2.05. The second-order valence-corrected chi connectivity index (χ2v) is 4.13. The van der Waals surface area contributed by atoms with E-state index >= 15 is 0 Å². The highest BCUT2D eigenvalue weighted by molar-refractivity contribution is 9.10. The average Bonchev–Trinajstić information content (AvgIpc) is 2.53. The zero-order valence-corrected chi connectivity index (χ0v) is 11.0. The number of hydrogen-bond donors (Lipinski definition) is 1. The van der Waals surface area contributed by atoms with Gasteiger partial charge in [-0.25, -0.2) is 4.68 Å². The van der Waals surface area contributed by atoms with Gasteiger partial charge in [-0.1, -0.05) is 18.2 Å². The van der Waals surface area contributed by atoms with Crippen molar-refractivity contribution in [3.05, 3.63) is 16.4 Å². The molecule has 0 aromatic carbocycles. The summed E-state index contributed by atoms with van der Waals surface area (Å²) in [5.74, 6) is 0. The van der Waals surface area contributed by atoms with Gasteiger partial charge in [0.25, 0.3) is 0 Å². The van der Waals surface area contributed by atoms with Crippen LogP contribution in [-0.4, -0.2) is 28.1 Å². The fourth-order valence-electron chi connectivity index (χ4n) is 1.41. The average molecular weight is 273 g/mol.